The van der Waals surface area contributed by atoms with Gasteiger partial charge in [0.1, 0.15) is 5.75 Å². The molecule has 1 saturated carbocycles. The van der Waals surface area contributed by atoms with Gasteiger partial charge in [0.05, 0.1) is 19.8 Å². The number of guanidine groups is 1. The number of carbonyl (C=O) groups excluding carboxylic acids is 1. The highest BCUT2D eigenvalue weighted by molar-refractivity contribution is 14.0. The van der Waals surface area contributed by atoms with Crippen LogP contribution in [-0.2, 0) is 11.2 Å². The molecule has 2 rings (SSSR count). The largest absolute Gasteiger partial charge is 0.496 e. The number of aliphatic imine (C=N–C) groups is 1. The Kier molecular flexibility index (Phi) is 11.0. The minimum absolute atomic E-state index is 0. The Labute approximate surface area is 185 Å². The fourth-order valence-corrected chi connectivity index (χ4v) is 3.00. The Morgan fingerprint density at radius 1 is 1.32 bits per heavy atom. The Hall–Kier alpha value is -1.71. The van der Waals surface area contributed by atoms with Crippen LogP contribution in [0.3, 0.4) is 0 Å². The first-order valence-corrected chi connectivity index (χ1v) is 9.58. The van der Waals surface area contributed by atoms with Crippen molar-refractivity contribution in [3.63, 3.8) is 0 Å². The maximum atomic E-state index is 11.7. The number of methoxy groups -OCH3 is 1. The van der Waals surface area contributed by atoms with Crippen LogP contribution in [0.15, 0.2) is 23.2 Å². The molecule has 1 unspecified atom stereocenters. The predicted molar refractivity (Wildman–Crippen MR) is 123 cm³/mol. The lowest BCUT2D eigenvalue weighted by molar-refractivity contribution is 0.146. The first-order chi connectivity index (χ1) is 13.1. The van der Waals surface area contributed by atoms with Gasteiger partial charge in [0.15, 0.2) is 5.96 Å². The summed E-state index contributed by atoms with van der Waals surface area (Å²) < 4.78 is 10.4. The van der Waals surface area contributed by atoms with Crippen LogP contribution in [0.1, 0.15) is 30.9 Å². The van der Waals surface area contributed by atoms with Gasteiger partial charge in [0.2, 0.25) is 0 Å². The highest BCUT2D eigenvalue weighted by Crippen LogP contribution is 2.32. The maximum absolute atomic E-state index is 11.7. The van der Waals surface area contributed by atoms with E-state index in [9.17, 15) is 4.79 Å². The number of hydrogen-bond donors (Lipinski definition) is 3. The Morgan fingerprint density at radius 3 is 2.68 bits per heavy atom. The third kappa shape index (κ3) is 8.12. The molecule has 0 saturated heterocycles. The second-order valence-corrected chi connectivity index (χ2v) is 6.75. The molecule has 1 amide bonds. The molecule has 1 aromatic rings. The first kappa shape index (κ1) is 24.3. The summed E-state index contributed by atoms with van der Waals surface area (Å²) in [5.74, 6) is 2.13. The fourth-order valence-electron chi connectivity index (χ4n) is 3.00. The molecule has 8 heteroatoms. The van der Waals surface area contributed by atoms with Gasteiger partial charge in [-0.05, 0) is 50.7 Å². The SMILES string of the molecule is CCOC(=O)NC(CNC(=NC)NCCc1cc(C)ccc1OC)C1CC1.I. The zero-order valence-electron chi connectivity index (χ0n) is 17.2. The van der Waals surface area contributed by atoms with E-state index in [1.54, 1.807) is 21.1 Å². The van der Waals surface area contributed by atoms with Crippen LogP contribution >= 0.6 is 24.0 Å². The molecule has 1 aliphatic rings. The van der Waals surface area contributed by atoms with Crippen LogP contribution in [0.2, 0.25) is 0 Å². The third-order valence-corrected chi connectivity index (χ3v) is 4.61. The standard InChI is InChI=1S/C20H32N4O3.HI/c1-5-27-20(25)24-17(15-7-8-15)13-23-19(21-3)22-11-10-16-12-14(2)6-9-18(16)26-4;/h6,9,12,15,17H,5,7-8,10-11,13H2,1-4H3,(H,24,25)(H2,21,22,23);1H. The van der Waals surface area contributed by atoms with Crippen molar-refractivity contribution in [3.05, 3.63) is 29.3 Å². The zero-order chi connectivity index (χ0) is 19.6. The molecular formula is C20H33IN4O3. The molecule has 28 heavy (non-hydrogen) atoms. The first-order valence-electron chi connectivity index (χ1n) is 9.58. The number of benzene rings is 1. The lowest BCUT2D eigenvalue weighted by Crippen LogP contribution is -2.48. The van der Waals surface area contributed by atoms with E-state index in [0.29, 0.717) is 19.1 Å². The van der Waals surface area contributed by atoms with Crippen molar-refractivity contribution >= 4 is 36.0 Å². The summed E-state index contributed by atoms with van der Waals surface area (Å²) in [6.45, 7) is 5.61. The van der Waals surface area contributed by atoms with Crippen molar-refractivity contribution in [2.45, 2.75) is 39.2 Å². The molecule has 3 N–H and O–H groups in total. The molecule has 0 aliphatic heterocycles. The van der Waals surface area contributed by atoms with Gasteiger partial charge in [-0.2, -0.15) is 0 Å². The maximum Gasteiger partial charge on any atom is 0.407 e. The van der Waals surface area contributed by atoms with Crippen LogP contribution in [-0.4, -0.2) is 51.9 Å². The molecule has 0 spiro atoms. The molecule has 0 heterocycles. The quantitative estimate of drug-likeness (QED) is 0.274. The Bertz CT molecular complexity index is 650. The smallest absolute Gasteiger partial charge is 0.407 e. The molecule has 1 aliphatic carbocycles. The number of rotatable bonds is 9. The van der Waals surface area contributed by atoms with Crippen LogP contribution in [0.5, 0.6) is 5.75 Å². The number of ether oxygens (including phenoxy) is 2. The summed E-state index contributed by atoms with van der Waals surface area (Å²) in [5.41, 5.74) is 2.38. The van der Waals surface area contributed by atoms with Gasteiger partial charge >= 0.3 is 6.09 Å². The van der Waals surface area contributed by atoms with E-state index in [-0.39, 0.29) is 36.1 Å². The van der Waals surface area contributed by atoms with Crippen molar-refractivity contribution in [1.29, 1.82) is 0 Å². The van der Waals surface area contributed by atoms with E-state index >= 15 is 0 Å². The van der Waals surface area contributed by atoms with Gasteiger partial charge in [0, 0.05) is 20.1 Å². The average molecular weight is 504 g/mol. The number of hydrogen-bond acceptors (Lipinski definition) is 4. The molecule has 1 atom stereocenters. The summed E-state index contributed by atoms with van der Waals surface area (Å²) >= 11 is 0. The van der Waals surface area contributed by atoms with Gasteiger partial charge in [0.25, 0.3) is 0 Å². The van der Waals surface area contributed by atoms with Crippen LogP contribution in [0.25, 0.3) is 0 Å². The van der Waals surface area contributed by atoms with Gasteiger partial charge in [-0.25, -0.2) is 4.79 Å². The highest BCUT2D eigenvalue weighted by atomic mass is 127. The lowest BCUT2D eigenvalue weighted by atomic mass is 10.1. The lowest BCUT2D eigenvalue weighted by Gasteiger charge is -2.20. The van der Waals surface area contributed by atoms with Gasteiger partial charge < -0.3 is 25.4 Å². The molecule has 0 radical (unpaired) electrons. The van der Waals surface area contributed by atoms with E-state index in [4.69, 9.17) is 9.47 Å². The number of nitrogens with zero attached hydrogens (tertiary/aromatic N) is 1. The summed E-state index contributed by atoms with van der Waals surface area (Å²) in [4.78, 5) is 16.0. The molecule has 0 bridgehead atoms. The summed E-state index contributed by atoms with van der Waals surface area (Å²) in [5, 5.41) is 9.56. The van der Waals surface area contributed by atoms with Crippen molar-refractivity contribution in [2.75, 3.05) is 33.9 Å². The Morgan fingerprint density at radius 2 is 2.07 bits per heavy atom. The number of alkyl carbamates (subject to hydrolysis) is 1. The number of aryl methyl sites for hydroxylation is 1. The van der Waals surface area contributed by atoms with Crippen LogP contribution < -0.4 is 20.7 Å². The zero-order valence-corrected chi connectivity index (χ0v) is 19.5. The van der Waals surface area contributed by atoms with Crippen molar-refractivity contribution in [1.82, 2.24) is 16.0 Å². The van der Waals surface area contributed by atoms with Crippen molar-refractivity contribution in [3.8, 4) is 5.75 Å². The number of carbonyl (C=O) groups is 1. The van der Waals surface area contributed by atoms with Crippen LogP contribution in [0.4, 0.5) is 4.79 Å². The van der Waals surface area contributed by atoms with E-state index in [0.717, 1.165) is 37.5 Å². The van der Waals surface area contributed by atoms with E-state index < -0.39 is 0 Å². The molecule has 7 nitrogen and oxygen atoms in total. The average Bonchev–Trinajstić information content (AvgIpc) is 3.49. The minimum atomic E-state index is -0.356. The summed E-state index contributed by atoms with van der Waals surface area (Å²) in [6, 6.07) is 6.24. The fraction of sp³-hybridized carbons (Fsp3) is 0.600. The van der Waals surface area contributed by atoms with Crippen molar-refractivity contribution < 1.29 is 14.3 Å². The molecule has 1 fully saturated rings. The normalized spacial score (nSPS) is 14.5. The van der Waals surface area contributed by atoms with Gasteiger partial charge in [-0.3, -0.25) is 4.99 Å². The second kappa shape index (κ2) is 12.7. The Balaban J connectivity index is 0.00000392. The molecule has 1 aromatic carbocycles. The molecule has 158 valence electrons. The van der Waals surface area contributed by atoms with Gasteiger partial charge in [-0.1, -0.05) is 17.7 Å². The number of amides is 1. The van der Waals surface area contributed by atoms with E-state index in [1.165, 1.54) is 11.1 Å². The number of nitrogens with one attached hydrogen (secondary N) is 3. The minimum Gasteiger partial charge on any atom is -0.496 e. The molecule has 0 aromatic heterocycles. The van der Waals surface area contributed by atoms with Crippen LogP contribution in [0, 0.1) is 12.8 Å². The van der Waals surface area contributed by atoms with Crippen molar-refractivity contribution in [2.24, 2.45) is 10.9 Å². The van der Waals surface area contributed by atoms with Gasteiger partial charge in [-0.15, -0.1) is 24.0 Å². The summed E-state index contributed by atoms with van der Waals surface area (Å²) in [6.07, 6.45) is 2.75. The third-order valence-electron chi connectivity index (χ3n) is 4.61. The number of halogens is 1. The molecular weight excluding hydrogens is 471 g/mol. The van der Waals surface area contributed by atoms with E-state index in [1.807, 2.05) is 12.1 Å². The second-order valence-electron chi connectivity index (χ2n) is 6.75. The van der Waals surface area contributed by atoms with E-state index in [2.05, 4.69) is 33.9 Å². The topological polar surface area (TPSA) is 84.0 Å². The monoisotopic (exact) mass is 504 g/mol. The predicted octanol–water partition coefficient (Wildman–Crippen LogP) is 2.85. The highest BCUT2D eigenvalue weighted by Gasteiger charge is 2.32. The summed E-state index contributed by atoms with van der Waals surface area (Å²) in [7, 11) is 3.43.